The van der Waals surface area contributed by atoms with Gasteiger partial charge >= 0.3 is 0 Å². The van der Waals surface area contributed by atoms with Gasteiger partial charge in [0.1, 0.15) is 11.4 Å². The van der Waals surface area contributed by atoms with Crippen molar-refractivity contribution >= 4 is 21.0 Å². The Morgan fingerprint density at radius 3 is 2.84 bits per heavy atom. The lowest BCUT2D eigenvalue weighted by Gasteiger charge is -2.15. The third-order valence-corrected chi connectivity index (χ3v) is 4.69. The van der Waals surface area contributed by atoms with Gasteiger partial charge in [-0.15, -0.1) is 0 Å². The molecule has 2 rings (SSSR count). The fraction of sp³-hybridized carbons (Fsp3) is 0.417. The molecule has 0 aliphatic heterocycles. The van der Waals surface area contributed by atoms with E-state index in [1.54, 1.807) is 20.2 Å². The molecule has 0 aliphatic carbocycles. The molecule has 1 aromatic heterocycles. The molecule has 0 radical (unpaired) electrons. The number of para-hydroxylation sites is 1. The molecule has 2 aromatic rings. The average Bonchev–Trinajstić information content (AvgIpc) is 2.79. The molecule has 0 saturated carbocycles. The van der Waals surface area contributed by atoms with Gasteiger partial charge in [-0.2, -0.15) is 0 Å². The van der Waals surface area contributed by atoms with E-state index in [0.29, 0.717) is 24.4 Å². The van der Waals surface area contributed by atoms with Gasteiger partial charge < -0.3 is 9.84 Å². The highest BCUT2D eigenvalue weighted by molar-refractivity contribution is 7.88. The van der Waals surface area contributed by atoms with E-state index in [4.69, 9.17) is 4.52 Å². The van der Waals surface area contributed by atoms with Gasteiger partial charge in [-0.25, -0.2) is 12.7 Å². The van der Waals surface area contributed by atoms with E-state index in [-0.39, 0.29) is 5.75 Å². The quantitative estimate of drug-likeness (QED) is 0.849. The number of hydrogen-bond donors (Lipinski definition) is 1. The Hall–Kier alpha value is -1.44. The number of benzene rings is 1. The fourth-order valence-electron chi connectivity index (χ4n) is 1.73. The standard InChI is InChI=1S/C12H17N3O3S/c1-13-7-8-15(2)19(16,17)9-11-10-5-3-4-6-12(10)18-14-11/h3-6,13H,7-9H2,1-2H3. The molecular formula is C12H17N3O3S. The molecule has 0 amide bonds. The SMILES string of the molecule is CNCCN(C)S(=O)(=O)Cc1noc2ccccc12. The number of fused-ring (bicyclic) bond motifs is 1. The van der Waals surface area contributed by atoms with Crippen molar-refractivity contribution in [2.75, 3.05) is 27.2 Å². The van der Waals surface area contributed by atoms with Crippen LogP contribution in [-0.4, -0.2) is 45.1 Å². The van der Waals surface area contributed by atoms with E-state index in [0.717, 1.165) is 5.39 Å². The number of likely N-dealkylation sites (N-methyl/N-ethyl adjacent to an activating group) is 2. The number of aromatic nitrogens is 1. The Bertz CT molecular complexity index is 651. The number of rotatable bonds is 6. The summed E-state index contributed by atoms with van der Waals surface area (Å²) < 4.78 is 30.8. The summed E-state index contributed by atoms with van der Waals surface area (Å²) in [5.74, 6) is -0.149. The molecule has 1 aromatic carbocycles. The minimum absolute atomic E-state index is 0.149. The lowest BCUT2D eigenvalue weighted by molar-refractivity contribution is 0.442. The predicted octanol–water partition coefficient (Wildman–Crippen LogP) is 0.809. The lowest BCUT2D eigenvalue weighted by Crippen LogP contribution is -2.33. The lowest BCUT2D eigenvalue weighted by atomic mass is 10.2. The zero-order valence-corrected chi connectivity index (χ0v) is 11.8. The second-order valence-corrected chi connectivity index (χ2v) is 6.38. The van der Waals surface area contributed by atoms with Crippen LogP contribution in [0.15, 0.2) is 28.8 Å². The third kappa shape index (κ3) is 3.12. The van der Waals surface area contributed by atoms with Crippen LogP contribution < -0.4 is 5.32 Å². The highest BCUT2D eigenvalue weighted by Gasteiger charge is 2.21. The molecule has 0 aliphatic rings. The van der Waals surface area contributed by atoms with Gasteiger partial charge in [-0.1, -0.05) is 17.3 Å². The van der Waals surface area contributed by atoms with Crippen molar-refractivity contribution in [2.45, 2.75) is 5.75 Å². The van der Waals surface area contributed by atoms with Crippen LogP contribution >= 0.6 is 0 Å². The van der Waals surface area contributed by atoms with Crippen molar-refractivity contribution in [1.82, 2.24) is 14.8 Å². The Morgan fingerprint density at radius 2 is 2.11 bits per heavy atom. The first kappa shape index (κ1) is 14.0. The van der Waals surface area contributed by atoms with Crippen LogP contribution in [-0.2, 0) is 15.8 Å². The summed E-state index contributed by atoms with van der Waals surface area (Å²) in [6.45, 7) is 1.03. The smallest absolute Gasteiger partial charge is 0.219 e. The van der Waals surface area contributed by atoms with Crippen molar-refractivity contribution in [3.05, 3.63) is 30.0 Å². The molecule has 104 valence electrons. The number of sulfonamides is 1. The Balaban J connectivity index is 2.20. The molecule has 0 atom stereocenters. The van der Waals surface area contributed by atoms with Crippen LogP contribution in [0.1, 0.15) is 5.69 Å². The maximum atomic E-state index is 12.2. The monoisotopic (exact) mass is 283 g/mol. The predicted molar refractivity (Wildman–Crippen MR) is 73.2 cm³/mol. The first-order valence-electron chi connectivity index (χ1n) is 5.96. The van der Waals surface area contributed by atoms with Crippen molar-refractivity contribution in [3.63, 3.8) is 0 Å². The maximum absolute atomic E-state index is 12.2. The zero-order valence-electron chi connectivity index (χ0n) is 11.0. The van der Waals surface area contributed by atoms with Crippen LogP contribution in [0.2, 0.25) is 0 Å². The summed E-state index contributed by atoms with van der Waals surface area (Å²) in [4.78, 5) is 0. The van der Waals surface area contributed by atoms with Gasteiger partial charge in [-0.3, -0.25) is 0 Å². The summed E-state index contributed by atoms with van der Waals surface area (Å²) in [6, 6.07) is 7.23. The van der Waals surface area contributed by atoms with Crippen molar-refractivity contribution in [3.8, 4) is 0 Å². The summed E-state index contributed by atoms with van der Waals surface area (Å²) in [7, 11) is -0.0284. The van der Waals surface area contributed by atoms with Gasteiger partial charge in [0.05, 0.1) is 0 Å². The van der Waals surface area contributed by atoms with Crippen LogP contribution in [0.3, 0.4) is 0 Å². The maximum Gasteiger partial charge on any atom is 0.219 e. The molecule has 7 heteroatoms. The van der Waals surface area contributed by atoms with E-state index in [2.05, 4.69) is 10.5 Å². The molecule has 0 bridgehead atoms. The minimum atomic E-state index is -3.38. The summed E-state index contributed by atoms with van der Waals surface area (Å²) >= 11 is 0. The van der Waals surface area contributed by atoms with Crippen molar-refractivity contribution < 1.29 is 12.9 Å². The van der Waals surface area contributed by atoms with Crippen LogP contribution in [0.5, 0.6) is 0 Å². The third-order valence-electron chi connectivity index (χ3n) is 2.92. The van der Waals surface area contributed by atoms with E-state index in [1.165, 1.54) is 4.31 Å². The second kappa shape index (κ2) is 5.68. The van der Waals surface area contributed by atoms with Gasteiger partial charge in [0, 0.05) is 25.5 Å². The molecule has 0 spiro atoms. The van der Waals surface area contributed by atoms with Crippen molar-refractivity contribution in [1.29, 1.82) is 0 Å². The molecule has 19 heavy (non-hydrogen) atoms. The highest BCUT2D eigenvalue weighted by atomic mass is 32.2. The molecular weight excluding hydrogens is 266 g/mol. The van der Waals surface area contributed by atoms with E-state index < -0.39 is 10.0 Å². The van der Waals surface area contributed by atoms with E-state index >= 15 is 0 Å². The van der Waals surface area contributed by atoms with Crippen LogP contribution in [0, 0.1) is 0 Å². The molecule has 6 nitrogen and oxygen atoms in total. The number of nitrogens with zero attached hydrogens (tertiary/aromatic N) is 2. The molecule has 1 heterocycles. The largest absolute Gasteiger partial charge is 0.356 e. The van der Waals surface area contributed by atoms with Crippen LogP contribution in [0.25, 0.3) is 11.0 Å². The fourth-order valence-corrected chi connectivity index (χ4v) is 2.88. The Kier molecular flexibility index (Phi) is 4.18. The van der Waals surface area contributed by atoms with Crippen LogP contribution in [0.4, 0.5) is 0 Å². The number of hydrogen-bond acceptors (Lipinski definition) is 5. The second-order valence-electron chi connectivity index (χ2n) is 4.31. The Morgan fingerprint density at radius 1 is 1.37 bits per heavy atom. The average molecular weight is 283 g/mol. The van der Waals surface area contributed by atoms with E-state index in [1.807, 2.05) is 18.2 Å². The Labute approximate surface area is 112 Å². The first-order chi connectivity index (χ1) is 9.04. The normalized spacial score (nSPS) is 12.4. The van der Waals surface area contributed by atoms with E-state index in [9.17, 15) is 8.42 Å². The number of nitrogens with one attached hydrogen (secondary N) is 1. The van der Waals surface area contributed by atoms with Crippen molar-refractivity contribution in [2.24, 2.45) is 0 Å². The topological polar surface area (TPSA) is 75.4 Å². The first-order valence-corrected chi connectivity index (χ1v) is 7.57. The van der Waals surface area contributed by atoms with Gasteiger partial charge in [-0.05, 0) is 19.2 Å². The summed E-state index contributed by atoms with van der Waals surface area (Å²) in [6.07, 6.45) is 0. The minimum Gasteiger partial charge on any atom is -0.356 e. The zero-order chi connectivity index (χ0) is 13.9. The van der Waals surface area contributed by atoms with Gasteiger partial charge in [0.15, 0.2) is 5.58 Å². The molecule has 1 N–H and O–H groups in total. The summed E-state index contributed by atoms with van der Waals surface area (Å²) in [5, 5.41) is 7.51. The molecule has 0 unspecified atom stereocenters. The highest BCUT2D eigenvalue weighted by Crippen LogP contribution is 2.20. The van der Waals surface area contributed by atoms with Gasteiger partial charge in [0.25, 0.3) is 0 Å². The molecule has 0 fully saturated rings. The van der Waals surface area contributed by atoms with Gasteiger partial charge in [0.2, 0.25) is 10.0 Å². The molecule has 0 saturated heterocycles. The summed E-state index contributed by atoms with van der Waals surface area (Å²) in [5.41, 5.74) is 1.05.